The number of methoxy groups -OCH3 is 1. The molecule has 0 bridgehead atoms. The van der Waals surface area contributed by atoms with Crippen LogP contribution in [-0.2, 0) is 12.8 Å². The van der Waals surface area contributed by atoms with Gasteiger partial charge in [0.25, 0.3) is 5.91 Å². The van der Waals surface area contributed by atoms with Gasteiger partial charge in [0, 0.05) is 42.5 Å². The predicted octanol–water partition coefficient (Wildman–Crippen LogP) is 4.91. The van der Waals surface area contributed by atoms with Crippen molar-refractivity contribution in [2.24, 2.45) is 5.92 Å². The van der Waals surface area contributed by atoms with Crippen LogP contribution in [0.15, 0.2) is 24.3 Å². The first-order valence-corrected chi connectivity index (χ1v) is 12.8. The first-order chi connectivity index (χ1) is 15.9. The number of nitrogens with zero attached hydrogens (tertiary/aromatic N) is 4. The predicted molar refractivity (Wildman–Crippen MR) is 134 cm³/mol. The van der Waals surface area contributed by atoms with Crippen molar-refractivity contribution in [2.45, 2.75) is 46.0 Å². The number of carbonyl (C=O) groups is 1. The minimum absolute atomic E-state index is 0.0613. The van der Waals surface area contributed by atoms with E-state index in [0.717, 1.165) is 48.3 Å². The summed E-state index contributed by atoms with van der Waals surface area (Å²) < 4.78 is 5.29. The van der Waals surface area contributed by atoms with Crippen molar-refractivity contribution < 1.29 is 9.53 Å². The number of hydrogen-bond donors (Lipinski definition) is 0. The molecule has 2 aliphatic rings. The summed E-state index contributed by atoms with van der Waals surface area (Å²) in [5.74, 6) is 3.77. The lowest BCUT2D eigenvalue weighted by atomic mass is 9.89. The van der Waals surface area contributed by atoms with Crippen molar-refractivity contribution in [1.29, 1.82) is 0 Å². The minimum Gasteiger partial charge on any atom is -0.497 e. The number of anilines is 1. The molecule has 1 amide bonds. The summed E-state index contributed by atoms with van der Waals surface area (Å²) in [6.45, 7) is 9.58. The number of benzene rings is 1. The van der Waals surface area contributed by atoms with E-state index in [0.29, 0.717) is 24.4 Å². The van der Waals surface area contributed by atoms with E-state index >= 15 is 0 Å². The van der Waals surface area contributed by atoms with Crippen LogP contribution >= 0.6 is 11.3 Å². The molecule has 2 aromatic heterocycles. The Morgan fingerprint density at radius 2 is 1.97 bits per heavy atom. The number of hydrogen-bond acceptors (Lipinski definition) is 6. The van der Waals surface area contributed by atoms with Gasteiger partial charge in [-0.1, -0.05) is 26.8 Å². The molecular weight excluding hydrogens is 432 g/mol. The summed E-state index contributed by atoms with van der Waals surface area (Å²) in [7, 11) is 1.63. The summed E-state index contributed by atoms with van der Waals surface area (Å²) in [5, 5.41) is 1.26. The number of ether oxygens (including phenoxy) is 1. The van der Waals surface area contributed by atoms with Crippen molar-refractivity contribution in [3.05, 3.63) is 46.1 Å². The van der Waals surface area contributed by atoms with E-state index in [1.54, 1.807) is 7.11 Å². The van der Waals surface area contributed by atoms with Crippen LogP contribution in [0, 0.1) is 5.92 Å². The molecule has 1 fully saturated rings. The molecule has 1 aliphatic heterocycles. The van der Waals surface area contributed by atoms with Crippen molar-refractivity contribution in [2.75, 3.05) is 38.2 Å². The Balaban J connectivity index is 1.42. The van der Waals surface area contributed by atoms with Crippen LogP contribution in [-0.4, -0.2) is 54.1 Å². The lowest BCUT2D eigenvalue weighted by Crippen LogP contribution is -2.49. The van der Waals surface area contributed by atoms with E-state index in [-0.39, 0.29) is 11.8 Å². The molecule has 7 heteroatoms. The van der Waals surface area contributed by atoms with Gasteiger partial charge in [0.2, 0.25) is 0 Å². The number of aryl methyl sites for hydroxylation is 1. The first kappa shape index (κ1) is 22.1. The van der Waals surface area contributed by atoms with Crippen LogP contribution < -0.4 is 9.64 Å². The molecule has 1 atom stereocenters. The summed E-state index contributed by atoms with van der Waals surface area (Å²) in [6, 6.07) is 7.41. The van der Waals surface area contributed by atoms with E-state index in [2.05, 4.69) is 25.7 Å². The van der Waals surface area contributed by atoms with Gasteiger partial charge in [0.1, 0.15) is 22.2 Å². The Hall–Kier alpha value is -2.67. The summed E-state index contributed by atoms with van der Waals surface area (Å²) in [5.41, 5.74) is 2.14. The molecule has 0 N–H and O–H groups in total. The molecule has 5 rings (SSSR count). The highest BCUT2D eigenvalue weighted by Crippen LogP contribution is 2.41. The van der Waals surface area contributed by atoms with E-state index in [1.165, 1.54) is 22.2 Å². The van der Waals surface area contributed by atoms with Crippen LogP contribution in [0.25, 0.3) is 10.2 Å². The standard InChI is InChI=1S/C26H32N4O2S/c1-16(2)23-27-24(22-20-9-8-17(3)14-21(20)33-25(22)28-23)29-10-12-30(13-11-29)26(31)18-6-5-7-19(15-18)32-4/h5-7,15-17H,8-14H2,1-4H3/t17-/m1/s1. The van der Waals surface area contributed by atoms with E-state index in [9.17, 15) is 4.79 Å². The van der Waals surface area contributed by atoms with Crippen LogP contribution in [0.3, 0.4) is 0 Å². The number of thiophene rings is 1. The fourth-order valence-electron chi connectivity index (χ4n) is 4.89. The maximum Gasteiger partial charge on any atom is 0.254 e. The molecule has 3 heterocycles. The van der Waals surface area contributed by atoms with E-state index in [1.807, 2.05) is 40.5 Å². The molecule has 1 aromatic carbocycles. The van der Waals surface area contributed by atoms with Gasteiger partial charge in [-0.25, -0.2) is 9.97 Å². The van der Waals surface area contributed by atoms with Gasteiger partial charge in [-0.15, -0.1) is 11.3 Å². The van der Waals surface area contributed by atoms with E-state index < -0.39 is 0 Å². The molecule has 0 spiro atoms. The van der Waals surface area contributed by atoms with Crippen LogP contribution in [0.2, 0.25) is 0 Å². The number of carbonyl (C=O) groups excluding carboxylic acids is 1. The summed E-state index contributed by atoms with van der Waals surface area (Å²) in [4.78, 5) is 30.1. The third kappa shape index (κ3) is 4.19. The fourth-order valence-corrected chi connectivity index (χ4v) is 6.27. The Kier molecular flexibility index (Phi) is 5.99. The number of fused-ring (bicyclic) bond motifs is 3. The maximum atomic E-state index is 13.1. The second kappa shape index (κ2) is 8.93. The monoisotopic (exact) mass is 464 g/mol. The summed E-state index contributed by atoms with van der Waals surface area (Å²) in [6.07, 6.45) is 3.49. The average Bonchev–Trinajstić information content (AvgIpc) is 3.20. The zero-order valence-electron chi connectivity index (χ0n) is 19.9. The lowest BCUT2D eigenvalue weighted by molar-refractivity contribution is 0.0746. The number of amides is 1. The van der Waals surface area contributed by atoms with Crippen molar-refractivity contribution in [3.63, 3.8) is 0 Å². The molecule has 33 heavy (non-hydrogen) atoms. The Labute approximate surface area is 199 Å². The van der Waals surface area contributed by atoms with Gasteiger partial charge in [0.05, 0.1) is 12.5 Å². The highest BCUT2D eigenvalue weighted by atomic mass is 32.1. The number of piperazine rings is 1. The smallest absolute Gasteiger partial charge is 0.254 e. The average molecular weight is 465 g/mol. The van der Waals surface area contributed by atoms with Crippen molar-refractivity contribution >= 4 is 33.3 Å². The van der Waals surface area contributed by atoms with Gasteiger partial charge in [-0.3, -0.25) is 4.79 Å². The third-order valence-corrected chi connectivity index (χ3v) is 8.00. The molecule has 6 nitrogen and oxygen atoms in total. The number of aromatic nitrogens is 2. The Morgan fingerprint density at radius 1 is 1.18 bits per heavy atom. The highest BCUT2D eigenvalue weighted by Gasteiger charge is 2.29. The van der Waals surface area contributed by atoms with Gasteiger partial charge < -0.3 is 14.5 Å². The van der Waals surface area contributed by atoms with Gasteiger partial charge in [0.15, 0.2) is 0 Å². The molecule has 0 radical (unpaired) electrons. The van der Waals surface area contributed by atoms with Gasteiger partial charge in [-0.2, -0.15) is 0 Å². The minimum atomic E-state index is 0.0613. The molecule has 0 unspecified atom stereocenters. The Morgan fingerprint density at radius 3 is 2.70 bits per heavy atom. The second-order valence-electron chi connectivity index (χ2n) is 9.60. The van der Waals surface area contributed by atoms with Crippen molar-refractivity contribution in [3.8, 4) is 5.75 Å². The molecule has 0 saturated carbocycles. The normalized spacial score (nSPS) is 18.6. The van der Waals surface area contributed by atoms with Gasteiger partial charge >= 0.3 is 0 Å². The largest absolute Gasteiger partial charge is 0.497 e. The third-order valence-electron chi connectivity index (χ3n) is 6.85. The van der Waals surface area contributed by atoms with E-state index in [4.69, 9.17) is 14.7 Å². The first-order valence-electron chi connectivity index (χ1n) is 11.9. The lowest BCUT2D eigenvalue weighted by Gasteiger charge is -2.36. The molecule has 1 saturated heterocycles. The summed E-state index contributed by atoms with van der Waals surface area (Å²) >= 11 is 1.87. The Bertz CT molecular complexity index is 1180. The van der Waals surface area contributed by atoms with Crippen LogP contribution in [0.4, 0.5) is 5.82 Å². The molecule has 3 aromatic rings. The van der Waals surface area contributed by atoms with Crippen LogP contribution in [0.1, 0.15) is 59.7 Å². The van der Waals surface area contributed by atoms with Crippen LogP contribution in [0.5, 0.6) is 5.75 Å². The fraction of sp³-hybridized carbons (Fsp3) is 0.500. The SMILES string of the molecule is COc1cccc(C(=O)N2CCN(c3nc(C(C)C)nc4sc5c(c34)CC[C@@H](C)C5)CC2)c1. The van der Waals surface area contributed by atoms with Gasteiger partial charge in [-0.05, 0) is 48.9 Å². The quantitative estimate of drug-likeness (QED) is 0.549. The maximum absolute atomic E-state index is 13.1. The van der Waals surface area contributed by atoms with Crippen molar-refractivity contribution in [1.82, 2.24) is 14.9 Å². The molecule has 174 valence electrons. The number of rotatable bonds is 4. The highest BCUT2D eigenvalue weighted by molar-refractivity contribution is 7.19. The topological polar surface area (TPSA) is 58.6 Å². The second-order valence-corrected chi connectivity index (χ2v) is 10.7. The zero-order chi connectivity index (χ0) is 23.1. The molecule has 1 aliphatic carbocycles. The molecular formula is C26H32N4O2S. The zero-order valence-corrected chi connectivity index (χ0v) is 20.7.